The van der Waals surface area contributed by atoms with Gasteiger partial charge in [0.25, 0.3) is 5.91 Å². The highest BCUT2D eigenvalue weighted by atomic mass is 32.2. The van der Waals surface area contributed by atoms with Gasteiger partial charge in [0.15, 0.2) is 6.61 Å². The predicted octanol–water partition coefficient (Wildman–Crippen LogP) is 0.573. The van der Waals surface area contributed by atoms with E-state index >= 15 is 0 Å². The van der Waals surface area contributed by atoms with Crippen LogP contribution in [-0.2, 0) is 19.1 Å². The SMILES string of the molecule is CNC(=O)CNC(=O)COC(=O)[C@@H](C)Sc1ccccc1. The van der Waals surface area contributed by atoms with Crippen molar-refractivity contribution >= 4 is 29.5 Å². The molecule has 0 heterocycles. The molecule has 21 heavy (non-hydrogen) atoms. The number of thioether (sulfide) groups is 1. The van der Waals surface area contributed by atoms with Crippen molar-refractivity contribution in [1.29, 1.82) is 0 Å². The maximum atomic E-state index is 11.7. The highest BCUT2D eigenvalue weighted by Gasteiger charge is 2.17. The van der Waals surface area contributed by atoms with Crippen LogP contribution in [0.5, 0.6) is 0 Å². The molecule has 2 N–H and O–H groups in total. The fraction of sp³-hybridized carbons (Fsp3) is 0.357. The molecular formula is C14H18N2O4S. The predicted molar refractivity (Wildman–Crippen MR) is 79.8 cm³/mol. The molecule has 7 heteroatoms. The Labute approximate surface area is 127 Å². The summed E-state index contributed by atoms with van der Waals surface area (Å²) in [5, 5.41) is 4.29. The molecule has 0 bridgehead atoms. The Hall–Kier alpha value is -2.02. The second kappa shape index (κ2) is 9.02. The minimum atomic E-state index is -0.510. The Morgan fingerprint density at radius 2 is 1.86 bits per heavy atom. The molecule has 114 valence electrons. The lowest BCUT2D eigenvalue weighted by molar-refractivity contribution is -0.147. The fourth-order valence-corrected chi connectivity index (χ4v) is 2.21. The van der Waals surface area contributed by atoms with Gasteiger partial charge in [0.05, 0.1) is 6.54 Å². The Balaban J connectivity index is 2.29. The number of carbonyl (C=O) groups excluding carboxylic acids is 3. The number of nitrogens with one attached hydrogen (secondary N) is 2. The first kappa shape index (κ1) is 17.0. The Kier molecular flexibility index (Phi) is 7.31. The van der Waals surface area contributed by atoms with E-state index in [9.17, 15) is 14.4 Å². The molecule has 0 aromatic heterocycles. The van der Waals surface area contributed by atoms with Crippen LogP contribution < -0.4 is 10.6 Å². The van der Waals surface area contributed by atoms with Crippen LogP contribution in [0.2, 0.25) is 0 Å². The van der Waals surface area contributed by atoms with E-state index in [4.69, 9.17) is 4.74 Å². The Morgan fingerprint density at radius 3 is 2.48 bits per heavy atom. The lowest BCUT2D eigenvalue weighted by Gasteiger charge is -2.11. The van der Waals surface area contributed by atoms with Gasteiger partial charge in [0.2, 0.25) is 5.91 Å². The molecule has 0 fully saturated rings. The maximum absolute atomic E-state index is 11.7. The van der Waals surface area contributed by atoms with E-state index in [0.29, 0.717) is 0 Å². The average molecular weight is 310 g/mol. The summed E-state index contributed by atoms with van der Waals surface area (Å²) in [5.41, 5.74) is 0. The molecule has 1 aromatic rings. The van der Waals surface area contributed by atoms with E-state index in [1.54, 1.807) is 6.92 Å². The van der Waals surface area contributed by atoms with E-state index in [1.165, 1.54) is 18.8 Å². The number of ether oxygens (including phenoxy) is 1. The van der Waals surface area contributed by atoms with Gasteiger partial charge < -0.3 is 15.4 Å². The van der Waals surface area contributed by atoms with Crippen molar-refractivity contribution < 1.29 is 19.1 Å². The third-order valence-electron chi connectivity index (χ3n) is 2.46. The van der Waals surface area contributed by atoms with Gasteiger partial charge in [-0.1, -0.05) is 18.2 Å². The summed E-state index contributed by atoms with van der Waals surface area (Å²) >= 11 is 1.35. The molecule has 1 aromatic carbocycles. The lowest BCUT2D eigenvalue weighted by Crippen LogP contribution is -2.37. The molecule has 0 spiro atoms. The standard InChI is InChI=1S/C14H18N2O4S/c1-10(21-11-6-4-3-5-7-11)14(19)20-9-13(18)16-8-12(17)15-2/h3-7,10H,8-9H2,1-2H3,(H,15,17)(H,16,18)/t10-/m1/s1. The van der Waals surface area contributed by atoms with Crippen molar-refractivity contribution in [3.63, 3.8) is 0 Å². The van der Waals surface area contributed by atoms with Crippen molar-refractivity contribution in [3.8, 4) is 0 Å². The average Bonchev–Trinajstić information content (AvgIpc) is 2.50. The smallest absolute Gasteiger partial charge is 0.319 e. The first-order valence-corrected chi connectivity index (χ1v) is 7.26. The minimum absolute atomic E-state index is 0.138. The normalized spacial score (nSPS) is 11.3. The van der Waals surface area contributed by atoms with E-state index in [0.717, 1.165) is 4.90 Å². The summed E-state index contributed by atoms with van der Waals surface area (Å²) in [7, 11) is 1.47. The largest absolute Gasteiger partial charge is 0.455 e. The lowest BCUT2D eigenvalue weighted by atomic mass is 10.4. The molecule has 0 unspecified atom stereocenters. The Morgan fingerprint density at radius 1 is 1.19 bits per heavy atom. The van der Waals surface area contributed by atoms with E-state index in [-0.39, 0.29) is 12.5 Å². The van der Waals surface area contributed by atoms with Gasteiger partial charge in [-0.2, -0.15) is 0 Å². The molecule has 0 aliphatic heterocycles. The number of rotatable bonds is 7. The van der Waals surface area contributed by atoms with Gasteiger partial charge >= 0.3 is 5.97 Å². The second-order valence-corrected chi connectivity index (χ2v) is 5.54. The van der Waals surface area contributed by atoms with E-state index in [2.05, 4.69) is 10.6 Å². The van der Waals surface area contributed by atoms with Crippen LogP contribution in [0.4, 0.5) is 0 Å². The highest BCUT2D eigenvalue weighted by molar-refractivity contribution is 8.00. The zero-order valence-electron chi connectivity index (χ0n) is 11.9. The second-order valence-electron chi connectivity index (χ2n) is 4.13. The third-order valence-corrected chi connectivity index (χ3v) is 3.55. The number of benzene rings is 1. The molecule has 0 saturated carbocycles. The molecule has 0 radical (unpaired) electrons. The number of likely N-dealkylation sites (N-methyl/N-ethyl adjacent to an activating group) is 1. The summed E-state index contributed by atoms with van der Waals surface area (Å²) in [4.78, 5) is 35.0. The van der Waals surface area contributed by atoms with Crippen LogP contribution in [0, 0.1) is 0 Å². The van der Waals surface area contributed by atoms with Crippen LogP contribution in [-0.4, -0.2) is 43.2 Å². The number of carbonyl (C=O) groups is 3. The highest BCUT2D eigenvalue weighted by Crippen LogP contribution is 2.23. The molecule has 1 atom stereocenters. The topological polar surface area (TPSA) is 84.5 Å². The minimum Gasteiger partial charge on any atom is -0.455 e. The van der Waals surface area contributed by atoms with Crippen molar-refractivity contribution in [2.45, 2.75) is 17.1 Å². The van der Waals surface area contributed by atoms with Crippen LogP contribution in [0.1, 0.15) is 6.92 Å². The van der Waals surface area contributed by atoms with Crippen LogP contribution in [0.15, 0.2) is 35.2 Å². The quantitative estimate of drug-likeness (QED) is 0.568. The molecule has 1 rings (SSSR count). The Bertz CT molecular complexity index is 493. The summed E-state index contributed by atoms with van der Waals surface area (Å²) in [6.07, 6.45) is 0. The van der Waals surface area contributed by atoms with Crippen molar-refractivity contribution in [3.05, 3.63) is 30.3 Å². The summed E-state index contributed by atoms with van der Waals surface area (Å²) < 4.78 is 4.90. The van der Waals surface area contributed by atoms with Gasteiger partial charge in [-0.25, -0.2) is 0 Å². The van der Waals surface area contributed by atoms with E-state index in [1.807, 2.05) is 30.3 Å². The van der Waals surface area contributed by atoms with Crippen molar-refractivity contribution in [2.75, 3.05) is 20.2 Å². The number of hydrogen-bond acceptors (Lipinski definition) is 5. The maximum Gasteiger partial charge on any atom is 0.319 e. The third kappa shape index (κ3) is 6.80. The van der Waals surface area contributed by atoms with Gasteiger partial charge in [-0.3, -0.25) is 14.4 Å². The zero-order valence-corrected chi connectivity index (χ0v) is 12.7. The summed E-state index contributed by atoms with van der Waals surface area (Å²) in [6, 6.07) is 9.44. The summed E-state index contributed by atoms with van der Waals surface area (Å²) in [6.45, 7) is 1.18. The van der Waals surface area contributed by atoms with Crippen LogP contribution in [0.25, 0.3) is 0 Å². The van der Waals surface area contributed by atoms with Gasteiger partial charge in [0, 0.05) is 11.9 Å². The van der Waals surface area contributed by atoms with Crippen LogP contribution in [0.3, 0.4) is 0 Å². The monoisotopic (exact) mass is 310 g/mol. The molecular weight excluding hydrogens is 292 g/mol. The van der Waals surface area contributed by atoms with Gasteiger partial charge in [-0.15, -0.1) is 11.8 Å². The molecule has 0 aliphatic carbocycles. The van der Waals surface area contributed by atoms with Gasteiger partial charge in [-0.05, 0) is 19.1 Å². The molecule has 2 amide bonds. The summed E-state index contributed by atoms with van der Waals surface area (Å²) in [5.74, 6) is -1.30. The zero-order chi connectivity index (χ0) is 15.7. The molecule has 0 aliphatic rings. The number of esters is 1. The van der Waals surface area contributed by atoms with Crippen LogP contribution >= 0.6 is 11.8 Å². The molecule has 0 saturated heterocycles. The molecule has 6 nitrogen and oxygen atoms in total. The number of amides is 2. The number of hydrogen-bond donors (Lipinski definition) is 2. The van der Waals surface area contributed by atoms with E-state index < -0.39 is 23.7 Å². The van der Waals surface area contributed by atoms with Gasteiger partial charge in [0.1, 0.15) is 5.25 Å². The van der Waals surface area contributed by atoms with Crippen molar-refractivity contribution in [1.82, 2.24) is 10.6 Å². The fourth-order valence-electron chi connectivity index (χ4n) is 1.32. The first-order chi connectivity index (χ1) is 10.0. The van der Waals surface area contributed by atoms with Crippen molar-refractivity contribution in [2.24, 2.45) is 0 Å². The first-order valence-electron chi connectivity index (χ1n) is 6.38.